The molecule has 0 saturated carbocycles. The fourth-order valence-electron chi connectivity index (χ4n) is 6.05. The predicted octanol–water partition coefficient (Wildman–Crippen LogP) is 5.67. The molecular weight excluding hydrogens is 320 g/mol. The summed E-state index contributed by atoms with van der Waals surface area (Å²) < 4.78 is 5.85. The molecule has 0 saturated heterocycles. The van der Waals surface area contributed by atoms with Gasteiger partial charge in [-0.15, -0.1) is 0 Å². The maximum Gasteiger partial charge on any atom is 0.126 e. The molecule has 2 aromatic carbocycles. The van der Waals surface area contributed by atoms with E-state index < -0.39 is 8.07 Å². The molecule has 2 heteroatoms. The van der Waals surface area contributed by atoms with Crippen LogP contribution in [0.15, 0.2) is 36.4 Å². The summed E-state index contributed by atoms with van der Waals surface area (Å²) in [6.07, 6.45) is 1.17. The van der Waals surface area contributed by atoms with Gasteiger partial charge in [0.05, 0.1) is 15.2 Å². The average Bonchev–Trinajstić information content (AvgIpc) is 2.86. The third-order valence-electron chi connectivity index (χ3n) is 7.10. The molecule has 0 radical (unpaired) electrons. The first-order valence-corrected chi connectivity index (χ1v) is 12.0. The van der Waals surface area contributed by atoms with Gasteiger partial charge < -0.3 is 4.74 Å². The molecule has 1 unspecified atom stereocenters. The van der Waals surface area contributed by atoms with Crippen molar-refractivity contribution >= 4 is 13.3 Å². The third kappa shape index (κ3) is 2.07. The molecule has 1 aliphatic heterocycles. The standard InChI is InChI=1S/C23H30OSi/c1-15(2)25(16(3)4)14-23(5)13-17-9-7-8-10-18(17)21-19(24-6)11-12-20(25)22(21)23/h7-12,15-16H,13-14H2,1-6H3. The van der Waals surface area contributed by atoms with Crippen molar-refractivity contribution in [1.29, 1.82) is 0 Å². The minimum absolute atomic E-state index is 0.258. The van der Waals surface area contributed by atoms with Gasteiger partial charge in [-0.2, -0.15) is 0 Å². The highest BCUT2D eigenvalue weighted by molar-refractivity contribution is 6.95. The first-order chi connectivity index (χ1) is 11.8. The van der Waals surface area contributed by atoms with Crippen LogP contribution in [0.2, 0.25) is 17.1 Å². The van der Waals surface area contributed by atoms with Crippen LogP contribution in [0.3, 0.4) is 0 Å². The van der Waals surface area contributed by atoms with Crippen LogP contribution in [0.1, 0.15) is 45.7 Å². The van der Waals surface area contributed by atoms with E-state index in [4.69, 9.17) is 4.74 Å². The maximum atomic E-state index is 5.85. The molecule has 1 aliphatic carbocycles. The van der Waals surface area contributed by atoms with Gasteiger partial charge in [0.15, 0.2) is 0 Å². The summed E-state index contributed by atoms with van der Waals surface area (Å²) in [5.41, 5.74) is 7.68. The van der Waals surface area contributed by atoms with Crippen LogP contribution in [-0.2, 0) is 11.8 Å². The van der Waals surface area contributed by atoms with Gasteiger partial charge in [0.1, 0.15) is 5.75 Å². The summed E-state index contributed by atoms with van der Waals surface area (Å²) in [5, 5.41) is 1.71. The van der Waals surface area contributed by atoms with Crippen molar-refractivity contribution < 1.29 is 4.74 Å². The fraction of sp³-hybridized carbons (Fsp3) is 0.478. The molecule has 4 rings (SSSR count). The van der Waals surface area contributed by atoms with Gasteiger partial charge in [0.2, 0.25) is 0 Å². The van der Waals surface area contributed by atoms with Crippen molar-refractivity contribution in [1.82, 2.24) is 0 Å². The Morgan fingerprint density at radius 1 is 1.00 bits per heavy atom. The SMILES string of the molecule is COc1ccc2c3c1-c1ccccc1CC3(C)C[Si]2(C(C)C)C(C)C. The van der Waals surface area contributed by atoms with Crippen LogP contribution >= 0.6 is 0 Å². The van der Waals surface area contributed by atoms with E-state index in [1.807, 2.05) is 7.11 Å². The number of hydrogen-bond acceptors (Lipinski definition) is 1. The van der Waals surface area contributed by atoms with Crippen LogP contribution < -0.4 is 9.92 Å². The van der Waals surface area contributed by atoms with Crippen molar-refractivity contribution in [3.05, 3.63) is 47.5 Å². The van der Waals surface area contributed by atoms with E-state index in [0.29, 0.717) is 0 Å². The smallest absolute Gasteiger partial charge is 0.126 e. The lowest BCUT2D eigenvalue weighted by atomic mass is 9.70. The Bertz CT molecular complexity index is 828. The lowest BCUT2D eigenvalue weighted by Crippen LogP contribution is -2.50. The summed E-state index contributed by atoms with van der Waals surface area (Å²) in [6, 6.07) is 15.0. The molecule has 0 spiro atoms. The first-order valence-electron chi connectivity index (χ1n) is 9.65. The summed E-state index contributed by atoms with van der Waals surface area (Å²) in [6.45, 7) is 12.4. The lowest BCUT2D eigenvalue weighted by molar-refractivity contribution is 0.413. The normalized spacial score (nSPS) is 22.9. The van der Waals surface area contributed by atoms with Crippen LogP contribution in [0.5, 0.6) is 5.75 Å². The van der Waals surface area contributed by atoms with Gasteiger partial charge in [-0.05, 0) is 51.7 Å². The molecule has 25 heavy (non-hydrogen) atoms. The zero-order valence-electron chi connectivity index (χ0n) is 16.4. The number of methoxy groups -OCH3 is 1. The molecule has 2 aromatic rings. The second kappa shape index (κ2) is 5.47. The first kappa shape index (κ1) is 16.9. The Labute approximate surface area is 153 Å². The Balaban J connectivity index is 2.10. The van der Waals surface area contributed by atoms with E-state index in [2.05, 4.69) is 71.0 Å². The molecule has 1 heterocycles. The number of fused-ring (bicyclic) bond motifs is 2. The molecule has 0 amide bonds. The molecular formula is C23H30OSi. The minimum atomic E-state index is -1.59. The predicted molar refractivity (Wildman–Crippen MR) is 110 cm³/mol. The summed E-state index contributed by atoms with van der Waals surface area (Å²) >= 11 is 0. The Morgan fingerprint density at radius 2 is 1.68 bits per heavy atom. The minimum Gasteiger partial charge on any atom is -0.496 e. The highest BCUT2D eigenvalue weighted by atomic mass is 28.3. The largest absolute Gasteiger partial charge is 0.496 e. The number of benzene rings is 2. The van der Waals surface area contributed by atoms with Gasteiger partial charge in [-0.3, -0.25) is 0 Å². The van der Waals surface area contributed by atoms with Crippen LogP contribution in [0, 0.1) is 0 Å². The van der Waals surface area contributed by atoms with Gasteiger partial charge in [0.25, 0.3) is 0 Å². The third-order valence-corrected chi connectivity index (χ3v) is 14.0. The lowest BCUT2D eigenvalue weighted by Gasteiger charge is -2.39. The van der Waals surface area contributed by atoms with Gasteiger partial charge >= 0.3 is 0 Å². The Kier molecular flexibility index (Phi) is 3.70. The zero-order chi connectivity index (χ0) is 18.0. The van der Waals surface area contributed by atoms with E-state index in [-0.39, 0.29) is 5.41 Å². The van der Waals surface area contributed by atoms with E-state index >= 15 is 0 Å². The average molecular weight is 351 g/mol. The molecule has 0 fully saturated rings. The second-order valence-electron chi connectivity index (χ2n) is 8.99. The molecule has 2 aliphatic rings. The number of rotatable bonds is 3. The fourth-order valence-corrected chi connectivity index (χ4v) is 12.5. The summed E-state index contributed by atoms with van der Waals surface area (Å²) in [5.74, 6) is 1.05. The van der Waals surface area contributed by atoms with E-state index in [9.17, 15) is 0 Å². The van der Waals surface area contributed by atoms with E-state index in [0.717, 1.165) is 16.8 Å². The molecule has 132 valence electrons. The molecule has 0 N–H and O–H groups in total. The van der Waals surface area contributed by atoms with Gasteiger partial charge in [-0.25, -0.2) is 0 Å². The van der Waals surface area contributed by atoms with Gasteiger partial charge in [0, 0.05) is 5.56 Å². The molecule has 0 aromatic heterocycles. The van der Waals surface area contributed by atoms with Crippen LogP contribution in [0.25, 0.3) is 11.1 Å². The molecule has 0 bridgehead atoms. The summed E-state index contributed by atoms with van der Waals surface area (Å²) in [4.78, 5) is 0. The van der Waals surface area contributed by atoms with Crippen LogP contribution in [-0.4, -0.2) is 15.2 Å². The van der Waals surface area contributed by atoms with Crippen LogP contribution in [0.4, 0.5) is 0 Å². The topological polar surface area (TPSA) is 9.23 Å². The highest BCUT2D eigenvalue weighted by Crippen LogP contribution is 2.57. The van der Waals surface area contributed by atoms with Gasteiger partial charge in [-0.1, -0.05) is 70.1 Å². The van der Waals surface area contributed by atoms with E-state index in [1.165, 1.54) is 29.2 Å². The van der Waals surface area contributed by atoms with Crippen molar-refractivity contribution in [2.45, 2.75) is 63.6 Å². The summed E-state index contributed by atoms with van der Waals surface area (Å²) in [7, 11) is 0.231. The maximum absolute atomic E-state index is 5.85. The number of hydrogen-bond donors (Lipinski definition) is 0. The van der Waals surface area contributed by atoms with E-state index in [1.54, 1.807) is 10.8 Å². The zero-order valence-corrected chi connectivity index (χ0v) is 17.4. The quantitative estimate of drug-likeness (QED) is 0.649. The monoisotopic (exact) mass is 350 g/mol. The Hall–Kier alpha value is -1.54. The van der Waals surface area contributed by atoms with Crippen molar-refractivity contribution in [3.63, 3.8) is 0 Å². The van der Waals surface area contributed by atoms with Crippen molar-refractivity contribution in [2.24, 2.45) is 0 Å². The molecule has 1 atom stereocenters. The van der Waals surface area contributed by atoms with Crippen molar-refractivity contribution in [3.8, 4) is 16.9 Å². The number of ether oxygens (including phenoxy) is 1. The molecule has 1 nitrogen and oxygen atoms in total. The highest BCUT2D eigenvalue weighted by Gasteiger charge is 2.56. The van der Waals surface area contributed by atoms with Crippen molar-refractivity contribution in [2.75, 3.05) is 7.11 Å². The second-order valence-corrected chi connectivity index (χ2v) is 14.3. The Morgan fingerprint density at radius 3 is 2.32 bits per heavy atom.